The number of carbonyl (C=O) groups excluding carboxylic acids is 1. The van der Waals surface area contributed by atoms with E-state index in [1.165, 1.54) is 44.6 Å². The van der Waals surface area contributed by atoms with E-state index in [1.807, 2.05) is 0 Å². The lowest BCUT2D eigenvalue weighted by Crippen LogP contribution is -2.33. The smallest absolute Gasteiger partial charge is 0.270 e. The molecular weight excluding hydrogens is 298 g/mol. The van der Waals surface area contributed by atoms with E-state index in [0.717, 1.165) is 26.1 Å². The number of rotatable bonds is 7. The summed E-state index contributed by atoms with van der Waals surface area (Å²) in [5.74, 6) is -0.00618. The molecular formula is C16H23N3O4. The van der Waals surface area contributed by atoms with Gasteiger partial charge < -0.3 is 15.0 Å². The standard InChI is InChI=1S/C16H23N3O4/c1-23-15-7-6-13(19(21)22)12-14(15)16(20)17-8-5-11-18-9-3-2-4-10-18/h6-7,12H,2-5,8-11H2,1H3,(H,17,20). The molecule has 2 rings (SSSR count). The zero-order valence-electron chi connectivity index (χ0n) is 13.4. The Bertz CT molecular complexity index is 556. The second-order valence-corrected chi connectivity index (χ2v) is 5.65. The molecule has 0 aliphatic carbocycles. The van der Waals surface area contributed by atoms with Crippen molar-refractivity contribution in [2.24, 2.45) is 0 Å². The van der Waals surface area contributed by atoms with Gasteiger partial charge in [-0.05, 0) is 45.0 Å². The van der Waals surface area contributed by atoms with Crippen LogP contribution in [0.2, 0.25) is 0 Å². The van der Waals surface area contributed by atoms with Crippen molar-refractivity contribution in [2.45, 2.75) is 25.7 Å². The van der Waals surface area contributed by atoms with Gasteiger partial charge in [0.25, 0.3) is 11.6 Å². The Kier molecular flexibility index (Phi) is 6.34. The predicted molar refractivity (Wildman–Crippen MR) is 86.9 cm³/mol. The van der Waals surface area contributed by atoms with Crippen LogP contribution in [0.15, 0.2) is 18.2 Å². The zero-order valence-corrected chi connectivity index (χ0v) is 13.4. The Morgan fingerprint density at radius 3 is 2.74 bits per heavy atom. The van der Waals surface area contributed by atoms with E-state index in [-0.39, 0.29) is 17.2 Å². The summed E-state index contributed by atoms with van der Waals surface area (Å²) >= 11 is 0. The highest BCUT2D eigenvalue weighted by Gasteiger charge is 2.17. The van der Waals surface area contributed by atoms with Gasteiger partial charge in [-0.25, -0.2) is 0 Å². The van der Waals surface area contributed by atoms with Gasteiger partial charge in [-0.3, -0.25) is 14.9 Å². The summed E-state index contributed by atoms with van der Waals surface area (Å²) in [4.78, 5) is 24.9. The van der Waals surface area contributed by atoms with Crippen LogP contribution < -0.4 is 10.1 Å². The molecule has 0 radical (unpaired) electrons. The van der Waals surface area contributed by atoms with Crippen molar-refractivity contribution < 1.29 is 14.5 Å². The first kappa shape index (κ1) is 17.2. The first-order valence-corrected chi connectivity index (χ1v) is 7.95. The molecule has 23 heavy (non-hydrogen) atoms. The largest absolute Gasteiger partial charge is 0.496 e. The van der Waals surface area contributed by atoms with Crippen LogP contribution in [0.25, 0.3) is 0 Å². The van der Waals surface area contributed by atoms with Crippen LogP contribution in [0.1, 0.15) is 36.0 Å². The maximum absolute atomic E-state index is 12.2. The van der Waals surface area contributed by atoms with Crippen molar-refractivity contribution in [2.75, 3.05) is 33.3 Å². The Hall–Kier alpha value is -2.15. The number of hydrogen-bond donors (Lipinski definition) is 1. The molecule has 0 spiro atoms. The summed E-state index contributed by atoms with van der Waals surface area (Å²) in [6.07, 6.45) is 4.66. The number of ether oxygens (including phenoxy) is 1. The van der Waals surface area contributed by atoms with E-state index in [9.17, 15) is 14.9 Å². The zero-order chi connectivity index (χ0) is 16.7. The van der Waals surface area contributed by atoms with Gasteiger partial charge >= 0.3 is 0 Å². The van der Waals surface area contributed by atoms with Crippen LogP contribution in [-0.2, 0) is 0 Å². The third kappa shape index (κ3) is 4.92. The van der Waals surface area contributed by atoms with E-state index in [1.54, 1.807) is 0 Å². The van der Waals surface area contributed by atoms with Crippen molar-refractivity contribution in [3.63, 3.8) is 0 Å². The minimum atomic E-state index is -0.521. The first-order chi connectivity index (χ1) is 11.1. The predicted octanol–water partition coefficient (Wildman–Crippen LogP) is 2.21. The third-order valence-electron chi connectivity index (χ3n) is 4.02. The normalized spacial score (nSPS) is 15.2. The molecule has 7 nitrogen and oxygen atoms in total. The number of nitro groups is 1. The van der Waals surface area contributed by atoms with Gasteiger partial charge in [0.2, 0.25) is 0 Å². The maximum Gasteiger partial charge on any atom is 0.270 e. The van der Waals surface area contributed by atoms with E-state index >= 15 is 0 Å². The van der Waals surface area contributed by atoms with Crippen molar-refractivity contribution in [1.29, 1.82) is 0 Å². The molecule has 1 aliphatic heterocycles. The molecule has 0 unspecified atom stereocenters. The molecule has 1 aromatic carbocycles. The van der Waals surface area contributed by atoms with Crippen LogP contribution in [0.3, 0.4) is 0 Å². The third-order valence-corrected chi connectivity index (χ3v) is 4.02. The number of nitrogens with one attached hydrogen (secondary N) is 1. The average molecular weight is 321 g/mol. The minimum Gasteiger partial charge on any atom is -0.496 e. The number of nitrogens with zero attached hydrogens (tertiary/aromatic N) is 2. The number of piperidine rings is 1. The topological polar surface area (TPSA) is 84.7 Å². The molecule has 1 N–H and O–H groups in total. The molecule has 1 fully saturated rings. The quantitative estimate of drug-likeness (QED) is 0.473. The molecule has 1 aromatic rings. The van der Waals surface area contributed by atoms with E-state index < -0.39 is 4.92 Å². The Morgan fingerprint density at radius 2 is 2.09 bits per heavy atom. The number of likely N-dealkylation sites (tertiary alicyclic amines) is 1. The summed E-state index contributed by atoms with van der Waals surface area (Å²) < 4.78 is 5.11. The van der Waals surface area contributed by atoms with Crippen LogP contribution in [0.5, 0.6) is 5.75 Å². The van der Waals surface area contributed by atoms with Crippen molar-refractivity contribution in [3.8, 4) is 5.75 Å². The number of non-ortho nitro benzene ring substituents is 1. The fourth-order valence-corrected chi connectivity index (χ4v) is 2.77. The number of amides is 1. The van der Waals surface area contributed by atoms with Gasteiger partial charge in [0.15, 0.2) is 0 Å². The van der Waals surface area contributed by atoms with Gasteiger partial charge in [-0.15, -0.1) is 0 Å². The number of hydrogen-bond acceptors (Lipinski definition) is 5. The molecule has 0 aromatic heterocycles. The second kappa shape index (κ2) is 8.47. The molecule has 1 saturated heterocycles. The van der Waals surface area contributed by atoms with Crippen molar-refractivity contribution in [3.05, 3.63) is 33.9 Å². The summed E-state index contributed by atoms with van der Waals surface area (Å²) in [7, 11) is 1.44. The van der Waals surface area contributed by atoms with Crippen LogP contribution in [0.4, 0.5) is 5.69 Å². The lowest BCUT2D eigenvalue weighted by atomic mass is 10.1. The molecule has 0 bridgehead atoms. The number of carbonyl (C=O) groups is 1. The monoisotopic (exact) mass is 321 g/mol. The Morgan fingerprint density at radius 1 is 1.35 bits per heavy atom. The molecule has 1 heterocycles. The minimum absolute atomic E-state index is 0.121. The molecule has 7 heteroatoms. The maximum atomic E-state index is 12.2. The summed E-state index contributed by atoms with van der Waals surface area (Å²) in [6, 6.07) is 4.02. The lowest BCUT2D eigenvalue weighted by molar-refractivity contribution is -0.384. The van der Waals surface area contributed by atoms with Gasteiger partial charge in [0.05, 0.1) is 17.6 Å². The second-order valence-electron chi connectivity index (χ2n) is 5.65. The molecule has 1 aliphatic rings. The summed E-state index contributed by atoms with van der Waals surface area (Å²) in [6.45, 7) is 3.77. The fraction of sp³-hybridized carbons (Fsp3) is 0.562. The number of methoxy groups -OCH3 is 1. The van der Waals surface area contributed by atoms with Gasteiger partial charge in [-0.1, -0.05) is 6.42 Å². The molecule has 1 amide bonds. The van der Waals surface area contributed by atoms with Crippen LogP contribution in [-0.4, -0.2) is 49.0 Å². The summed E-state index contributed by atoms with van der Waals surface area (Å²) in [5.41, 5.74) is 0.0731. The highest BCUT2D eigenvalue weighted by molar-refractivity contribution is 5.97. The van der Waals surface area contributed by atoms with E-state index in [0.29, 0.717) is 12.3 Å². The highest BCUT2D eigenvalue weighted by Crippen LogP contribution is 2.23. The lowest BCUT2D eigenvalue weighted by Gasteiger charge is -2.26. The van der Waals surface area contributed by atoms with Crippen LogP contribution in [0, 0.1) is 10.1 Å². The van der Waals surface area contributed by atoms with Crippen LogP contribution >= 0.6 is 0 Å². The SMILES string of the molecule is COc1ccc([N+](=O)[O-])cc1C(=O)NCCCN1CCCCC1. The number of nitro benzene ring substituents is 1. The molecule has 0 atom stereocenters. The van der Waals surface area contributed by atoms with E-state index in [2.05, 4.69) is 10.2 Å². The van der Waals surface area contributed by atoms with Gasteiger partial charge in [0.1, 0.15) is 5.75 Å². The fourth-order valence-electron chi connectivity index (χ4n) is 2.77. The first-order valence-electron chi connectivity index (χ1n) is 7.95. The Balaban J connectivity index is 1.86. The highest BCUT2D eigenvalue weighted by atomic mass is 16.6. The molecule has 0 saturated carbocycles. The summed E-state index contributed by atoms with van der Waals surface area (Å²) in [5, 5.41) is 13.6. The Labute approximate surface area is 135 Å². The van der Waals surface area contributed by atoms with Gasteiger partial charge in [-0.2, -0.15) is 0 Å². The van der Waals surface area contributed by atoms with Crippen molar-refractivity contribution >= 4 is 11.6 Å². The number of benzene rings is 1. The molecule has 126 valence electrons. The average Bonchev–Trinajstić information content (AvgIpc) is 2.58. The van der Waals surface area contributed by atoms with E-state index in [4.69, 9.17) is 4.74 Å². The van der Waals surface area contributed by atoms with Crippen molar-refractivity contribution in [1.82, 2.24) is 10.2 Å². The van der Waals surface area contributed by atoms with Gasteiger partial charge in [0, 0.05) is 18.7 Å².